The Morgan fingerprint density at radius 1 is 1.20 bits per heavy atom. The SMILES string of the molecule is CCCC(NC(=O)c1ccc(-c2ccc3c(c2)OCCO3)s1)C(=O)O. The van der Waals surface area contributed by atoms with Crippen LogP contribution in [0.25, 0.3) is 10.4 Å². The molecule has 0 saturated heterocycles. The lowest BCUT2D eigenvalue weighted by atomic mass is 10.1. The maximum Gasteiger partial charge on any atom is 0.326 e. The largest absolute Gasteiger partial charge is 0.486 e. The molecule has 2 aromatic rings. The molecule has 2 N–H and O–H groups in total. The van der Waals surface area contributed by atoms with Crippen molar-refractivity contribution in [1.82, 2.24) is 5.32 Å². The lowest BCUT2D eigenvalue weighted by Crippen LogP contribution is -2.40. The van der Waals surface area contributed by atoms with Crippen molar-refractivity contribution in [2.75, 3.05) is 13.2 Å². The van der Waals surface area contributed by atoms with E-state index < -0.39 is 12.0 Å². The van der Waals surface area contributed by atoms with Crippen LogP contribution in [0.3, 0.4) is 0 Å². The minimum Gasteiger partial charge on any atom is -0.486 e. The predicted octanol–water partition coefficient (Wildman–Crippen LogP) is 3.17. The number of carboxylic acid groups (broad SMARTS) is 1. The average molecular weight is 361 g/mol. The van der Waals surface area contributed by atoms with E-state index in [1.165, 1.54) is 11.3 Å². The number of hydrogen-bond donors (Lipinski definition) is 2. The number of carboxylic acids is 1. The summed E-state index contributed by atoms with van der Waals surface area (Å²) >= 11 is 1.32. The number of aliphatic carboxylic acids is 1. The maximum atomic E-state index is 12.3. The van der Waals surface area contributed by atoms with Gasteiger partial charge in [0.2, 0.25) is 0 Å². The molecule has 25 heavy (non-hydrogen) atoms. The molecular formula is C18H19NO5S. The Hall–Kier alpha value is -2.54. The van der Waals surface area contributed by atoms with E-state index in [0.29, 0.717) is 42.4 Å². The summed E-state index contributed by atoms with van der Waals surface area (Å²) in [5, 5.41) is 11.7. The van der Waals surface area contributed by atoms with Gasteiger partial charge in [0.25, 0.3) is 5.91 Å². The van der Waals surface area contributed by atoms with Gasteiger partial charge >= 0.3 is 5.97 Å². The summed E-state index contributed by atoms with van der Waals surface area (Å²) in [6, 6.07) is 8.34. The number of carbonyl (C=O) groups excluding carboxylic acids is 1. The van der Waals surface area contributed by atoms with Gasteiger partial charge in [0.05, 0.1) is 4.88 Å². The van der Waals surface area contributed by atoms with Crippen molar-refractivity contribution >= 4 is 23.2 Å². The van der Waals surface area contributed by atoms with Crippen molar-refractivity contribution in [2.45, 2.75) is 25.8 Å². The predicted molar refractivity (Wildman–Crippen MR) is 94.5 cm³/mol. The Morgan fingerprint density at radius 3 is 2.68 bits per heavy atom. The summed E-state index contributed by atoms with van der Waals surface area (Å²) < 4.78 is 11.1. The maximum absolute atomic E-state index is 12.3. The van der Waals surface area contributed by atoms with E-state index in [9.17, 15) is 9.59 Å². The second-order valence-electron chi connectivity index (χ2n) is 5.68. The van der Waals surface area contributed by atoms with E-state index in [1.54, 1.807) is 6.07 Å². The zero-order chi connectivity index (χ0) is 17.8. The molecule has 1 aliphatic rings. The van der Waals surface area contributed by atoms with Crippen molar-refractivity contribution in [3.05, 3.63) is 35.2 Å². The molecule has 7 heteroatoms. The van der Waals surface area contributed by atoms with Crippen molar-refractivity contribution in [1.29, 1.82) is 0 Å². The number of nitrogens with one attached hydrogen (secondary N) is 1. The zero-order valence-electron chi connectivity index (χ0n) is 13.8. The molecule has 1 unspecified atom stereocenters. The Kier molecular flexibility index (Phi) is 5.23. The van der Waals surface area contributed by atoms with E-state index >= 15 is 0 Å². The average Bonchev–Trinajstić information content (AvgIpc) is 3.11. The molecule has 6 nitrogen and oxygen atoms in total. The summed E-state index contributed by atoms with van der Waals surface area (Å²) in [6.45, 7) is 2.94. The summed E-state index contributed by atoms with van der Waals surface area (Å²) in [5.41, 5.74) is 0.927. The third-order valence-electron chi connectivity index (χ3n) is 3.84. The molecule has 0 aliphatic carbocycles. The van der Waals surface area contributed by atoms with Gasteiger partial charge in [-0.25, -0.2) is 4.79 Å². The highest BCUT2D eigenvalue weighted by molar-refractivity contribution is 7.17. The van der Waals surface area contributed by atoms with Crippen molar-refractivity contribution in [3.8, 4) is 21.9 Å². The van der Waals surface area contributed by atoms with E-state index in [2.05, 4.69) is 5.32 Å². The van der Waals surface area contributed by atoms with Crippen molar-refractivity contribution in [2.24, 2.45) is 0 Å². The summed E-state index contributed by atoms with van der Waals surface area (Å²) in [7, 11) is 0. The van der Waals surface area contributed by atoms with Crippen LogP contribution >= 0.6 is 11.3 Å². The number of rotatable bonds is 6. The monoisotopic (exact) mass is 361 g/mol. The normalized spacial score (nSPS) is 14.0. The Balaban J connectivity index is 1.75. The highest BCUT2D eigenvalue weighted by Crippen LogP contribution is 2.36. The molecule has 0 saturated carbocycles. The van der Waals surface area contributed by atoms with Crippen LogP contribution < -0.4 is 14.8 Å². The molecule has 132 valence electrons. The molecule has 1 amide bonds. The van der Waals surface area contributed by atoms with Gasteiger partial charge in [0, 0.05) is 4.88 Å². The van der Waals surface area contributed by atoms with Gasteiger partial charge in [-0.2, -0.15) is 0 Å². The van der Waals surface area contributed by atoms with Crippen LogP contribution in [0.5, 0.6) is 11.5 Å². The zero-order valence-corrected chi connectivity index (χ0v) is 14.6. The molecule has 1 atom stereocenters. The van der Waals surface area contributed by atoms with Crippen molar-refractivity contribution in [3.63, 3.8) is 0 Å². The molecule has 0 spiro atoms. The topological polar surface area (TPSA) is 84.9 Å². The van der Waals surface area contributed by atoms with Gasteiger partial charge in [0.15, 0.2) is 11.5 Å². The third-order valence-corrected chi connectivity index (χ3v) is 4.97. The first-order valence-electron chi connectivity index (χ1n) is 8.12. The van der Waals surface area contributed by atoms with E-state index in [1.807, 2.05) is 31.2 Å². The van der Waals surface area contributed by atoms with Crippen LogP contribution in [-0.2, 0) is 4.79 Å². The highest BCUT2D eigenvalue weighted by atomic mass is 32.1. The van der Waals surface area contributed by atoms with Crippen LogP contribution in [0, 0.1) is 0 Å². The lowest BCUT2D eigenvalue weighted by Gasteiger charge is -2.18. The van der Waals surface area contributed by atoms with Gasteiger partial charge in [-0.1, -0.05) is 13.3 Å². The molecular weight excluding hydrogens is 342 g/mol. The van der Waals surface area contributed by atoms with Gasteiger partial charge in [-0.05, 0) is 42.3 Å². The fraction of sp³-hybridized carbons (Fsp3) is 0.333. The highest BCUT2D eigenvalue weighted by Gasteiger charge is 2.21. The first-order valence-corrected chi connectivity index (χ1v) is 8.93. The number of thiophene rings is 1. The Morgan fingerprint density at radius 2 is 1.96 bits per heavy atom. The molecule has 0 fully saturated rings. The van der Waals surface area contributed by atoms with E-state index in [0.717, 1.165) is 10.4 Å². The molecule has 0 radical (unpaired) electrons. The number of benzene rings is 1. The standard InChI is InChI=1S/C18H19NO5S/c1-2-3-12(18(21)22)19-17(20)16-7-6-15(25-16)11-4-5-13-14(10-11)24-9-8-23-13/h4-7,10,12H,2-3,8-9H2,1H3,(H,19,20)(H,21,22). The fourth-order valence-electron chi connectivity index (χ4n) is 2.59. The quantitative estimate of drug-likeness (QED) is 0.825. The Labute approximate surface area is 149 Å². The van der Waals surface area contributed by atoms with Gasteiger partial charge < -0.3 is 19.9 Å². The molecule has 3 rings (SSSR count). The molecule has 1 aromatic heterocycles. The van der Waals surface area contributed by atoms with Crippen LogP contribution in [-0.4, -0.2) is 36.2 Å². The lowest BCUT2D eigenvalue weighted by molar-refractivity contribution is -0.139. The summed E-state index contributed by atoms with van der Waals surface area (Å²) in [6.07, 6.45) is 1.09. The molecule has 1 aromatic carbocycles. The van der Waals surface area contributed by atoms with Crippen LogP contribution in [0.1, 0.15) is 29.4 Å². The molecule has 0 bridgehead atoms. The minimum absolute atomic E-state index is 0.366. The first kappa shape index (κ1) is 17.3. The van der Waals surface area contributed by atoms with Gasteiger partial charge in [0.1, 0.15) is 19.3 Å². The van der Waals surface area contributed by atoms with Gasteiger partial charge in [-0.15, -0.1) is 11.3 Å². The minimum atomic E-state index is -1.01. The Bertz CT molecular complexity index is 786. The van der Waals surface area contributed by atoms with E-state index in [4.69, 9.17) is 14.6 Å². The number of amides is 1. The molecule has 2 heterocycles. The third kappa shape index (κ3) is 3.93. The number of hydrogen-bond acceptors (Lipinski definition) is 5. The van der Waals surface area contributed by atoms with Crippen LogP contribution in [0.2, 0.25) is 0 Å². The summed E-state index contributed by atoms with van der Waals surface area (Å²) in [4.78, 5) is 24.9. The van der Waals surface area contributed by atoms with Gasteiger partial charge in [-0.3, -0.25) is 4.79 Å². The first-order chi connectivity index (χ1) is 12.1. The number of carbonyl (C=O) groups is 2. The van der Waals surface area contributed by atoms with Crippen LogP contribution in [0.15, 0.2) is 30.3 Å². The second kappa shape index (κ2) is 7.57. The van der Waals surface area contributed by atoms with E-state index in [-0.39, 0.29) is 5.91 Å². The fourth-order valence-corrected chi connectivity index (χ4v) is 3.49. The second-order valence-corrected chi connectivity index (χ2v) is 6.76. The molecule has 1 aliphatic heterocycles. The number of ether oxygens (including phenoxy) is 2. The van der Waals surface area contributed by atoms with Crippen molar-refractivity contribution < 1.29 is 24.2 Å². The smallest absolute Gasteiger partial charge is 0.326 e. The summed E-state index contributed by atoms with van der Waals surface area (Å²) in [5.74, 6) is 0.0267. The van der Waals surface area contributed by atoms with Crippen LogP contribution in [0.4, 0.5) is 0 Å². The number of fused-ring (bicyclic) bond motifs is 1.